The summed E-state index contributed by atoms with van der Waals surface area (Å²) in [4.78, 5) is 25.8. The molecule has 23 heavy (non-hydrogen) atoms. The van der Waals surface area contributed by atoms with Crippen LogP contribution in [-0.4, -0.2) is 46.5 Å². The van der Waals surface area contributed by atoms with Gasteiger partial charge in [-0.1, -0.05) is 0 Å². The Morgan fingerprint density at radius 1 is 1.48 bits per heavy atom. The molecule has 2 aliphatic heterocycles. The number of nitrogens with zero attached hydrogens (tertiary/aromatic N) is 1. The summed E-state index contributed by atoms with van der Waals surface area (Å²) in [7, 11) is 0. The normalized spacial score (nSPS) is 26.3. The minimum absolute atomic E-state index is 0.0558. The van der Waals surface area contributed by atoms with E-state index in [4.69, 9.17) is 4.74 Å². The minimum Gasteiger partial charge on any atom is -0.492 e. The molecule has 2 atom stereocenters. The van der Waals surface area contributed by atoms with Crippen molar-refractivity contribution >= 4 is 23.6 Å². The van der Waals surface area contributed by atoms with E-state index in [1.54, 1.807) is 28.8 Å². The highest BCUT2D eigenvalue weighted by Crippen LogP contribution is 2.47. The zero-order valence-corrected chi connectivity index (χ0v) is 13.7. The minimum atomic E-state index is -0.397. The Bertz CT molecular complexity index is 610. The first-order valence-corrected chi connectivity index (χ1v) is 8.60. The maximum Gasteiger partial charge on any atom is 0.243 e. The second kappa shape index (κ2) is 6.39. The van der Waals surface area contributed by atoms with Crippen molar-refractivity contribution in [1.82, 2.24) is 10.2 Å². The van der Waals surface area contributed by atoms with Gasteiger partial charge >= 0.3 is 0 Å². The van der Waals surface area contributed by atoms with Gasteiger partial charge in [0.15, 0.2) is 0 Å². The fourth-order valence-electron chi connectivity index (χ4n) is 3.01. The molecule has 0 aromatic heterocycles. The summed E-state index contributed by atoms with van der Waals surface area (Å²) >= 11 is 1.67. The van der Waals surface area contributed by atoms with Crippen molar-refractivity contribution in [3.05, 3.63) is 30.1 Å². The summed E-state index contributed by atoms with van der Waals surface area (Å²) in [5, 5.41) is 2.81. The molecule has 2 saturated heterocycles. The monoisotopic (exact) mass is 338 g/mol. The van der Waals surface area contributed by atoms with Gasteiger partial charge < -0.3 is 15.0 Å². The second-order valence-electron chi connectivity index (χ2n) is 5.86. The van der Waals surface area contributed by atoms with Crippen LogP contribution in [0.1, 0.15) is 19.8 Å². The van der Waals surface area contributed by atoms with Gasteiger partial charge in [0.25, 0.3) is 0 Å². The Morgan fingerprint density at radius 3 is 2.96 bits per heavy atom. The molecular formula is C16H19FN2O3S. The lowest BCUT2D eigenvalue weighted by Crippen LogP contribution is -2.50. The Hall–Kier alpha value is -1.76. The third-order valence-electron chi connectivity index (χ3n) is 4.23. The number of thioether (sulfide) groups is 1. The van der Waals surface area contributed by atoms with E-state index in [0.29, 0.717) is 31.1 Å². The largest absolute Gasteiger partial charge is 0.492 e. The number of halogens is 1. The Labute approximate surface area is 138 Å². The van der Waals surface area contributed by atoms with E-state index in [9.17, 15) is 14.0 Å². The molecule has 0 spiro atoms. The molecule has 0 aliphatic carbocycles. The second-order valence-corrected chi connectivity index (χ2v) is 7.36. The fraction of sp³-hybridized carbons (Fsp3) is 0.500. The van der Waals surface area contributed by atoms with Crippen LogP contribution in [-0.2, 0) is 9.59 Å². The van der Waals surface area contributed by atoms with Gasteiger partial charge in [0.05, 0.1) is 11.4 Å². The number of hydrogen-bond acceptors (Lipinski definition) is 4. The number of ether oxygens (including phenoxy) is 1. The number of benzene rings is 1. The molecule has 7 heteroatoms. The summed E-state index contributed by atoms with van der Waals surface area (Å²) < 4.78 is 18.2. The maximum absolute atomic E-state index is 12.8. The summed E-state index contributed by atoms with van der Waals surface area (Å²) in [6.07, 6.45) is 1.31. The molecule has 5 nitrogen and oxygen atoms in total. The highest BCUT2D eigenvalue weighted by atomic mass is 32.2. The maximum atomic E-state index is 12.8. The van der Waals surface area contributed by atoms with E-state index < -0.39 is 6.04 Å². The van der Waals surface area contributed by atoms with Gasteiger partial charge in [-0.05, 0) is 37.6 Å². The quantitative estimate of drug-likeness (QED) is 0.832. The van der Waals surface area contributed by atoms with Crippen LogP contribution < -0.4 is 10.1 Å². The van der Waals surface area contributed by atoms with Gasteiger partial charge in [-0.25, -0.2) is 4.39 Å². The predicted octanol–water partition coefficient (Wildman–Crippen LogP) is 1.77. The number of hydrogen-bond donors (Lipinski definition) is 1. The zero-order valence-electron chi connectivity index (χ0n) is 12.9. The lowest BCUT2D eigenvalue weighted by atomic mass is 10.2. The summed E-state index contributed by atoms with van der Waals surface area (Å²) in [5.74, 6) is 0.786. The highest BCUT2D eigenvalue weighted by Gasteiger charge is 2.52. The van der Waals surface area contributed by atoms with Crippen molar-refractivity contribution in [3.63, 3.8) is 0 Å². The molecule has 2 amide bonds. The molecule has 0 unspecified atom stereocenters. The average Bonchev–Trinajstić information content (AvgIpc) is 3.02. The van der Waals surface area contributed by atoms with E-state index in [1.165, 1.54) is 12.1 Å². The van der Waals surface area contributed by atoms with Crippen LogP contribution in [0.4, 0.5) is 4.39 Å². The third-order valence-corrected chi connectivity index (χ3v) is 5.74. The van der Waals surface area contributed by atoms with Gasteiger partial charge in [0.1, 0.15) is 24.2 Å². The number of carbonyl (C=O) groups excluding carboxylic acids is 2. The number of fused-ring (bicyclic) bond motifs is 1. The lowest BCUT2D eigenvalue weighted by Gasteiger charge is -2.29. The van der Waals surface area contributed by atoms with Crippen LogP contribution in [0.2, 0.25) is 0 Å². The Kier molecular flexibility index (Phi) is 4.48. The SMILES string of the molecule is C[C@@]12CCC(=O)N1[C@H](C(=O)NCCOc1ccc(F)cc1)CS2. The van der Waals surface area contributed by atoms with Crippen molar-refractivity contribution in [2.75, 3.05) is 18.9 Å². The fourth-order valence-corrected chi connectivity index (χ4v) is 4.44. The first-order chi connectivity index (χ1) is 11.0. The lowest BCUT2D eigenvalue weighted by molar-refractivity contribution is -0.137. The van der Waals surface area contributed by atoms with Crippen LogP contribution in [0.15, 0.2) is 24.3 Å². The molecule has 0 bridgehead atoms. The molecule has 0 radical (unpaired) electrons. The van der Waals surface area contributed by atoms with Gasteiger partial charge in [0, 0.05) is 12.2 Å². The van der Waals surface area contributed by atoms with Crippen LogP contribution in [0, 0.1) is 5.82 Å². The molecule has 1 aromatic rings. The van der Waals surface area contributed by atoms with Crippen molar-refractivity contribution in [2.45, 2.75) is 30.7 Å². The summed E-state index contributed by atoms with van der Waals surface area (Å²) in [6.45, 7) is 2.66. The molecule has 3 rings (SSSR count). The number of carbonyl (C=O) groups is 2. The molecule has 1 N–H and O–H groups in total. The van der Waals surface area contributed by atoms with Crippen LogP contribution in [0.3, 0.4) is 0 Å². The van der Waals surface area contributed by atoms with E-state index in [2.05, 4.69) is 5.32 Å². The Balaban J connectivity index is 1.46. The van der Waals surface area contributed by atoms with Crippen LogP contribution in [0.25, 0.3) is 0 Å². The molecule has 2 aliphatic rings. The molecule has 2 heterocycles. The summed E-state index contributed by atoms with van der Waals surface area (Å²) in [6, 6.07) is 5.33. The first kappa shape index (κ1) is 16.1. The molecule has 124 valence electrons. The standard InChI is InChI=1S/C16H19FN2O3S/c1-16-7-6-14(20)19(16)13(10-23-16)15(21)18-8-9-22-12-4-2-11(17)3-5-12/h2-5,13H,6-10H2,1H3,(H,18,21)/t13-,16+/m0/s1. The van der Waals surface area contributed by atoms with Gasteiger partial charge in [0.2, 0.25) is 11.8 Å². The first-order valence-electron chi connectivity index (χ1n) is 7.62. The van der Waals surface area contributed by atoms with Crippen molar-refractivity contribution in [3.8, 4) is 5.75 Å². The van der Waals surface area contributed by atoms with Gasteiger partial charge in [-0.3, -0.25) is 9.59 Å². The van der Waals surface area contributed by atoms with E-state index in [0.717, 1.165) is 6.42 Å². The molecule has 2 fully saturated rings. The van der Waals surface area contributed by atoms with Gasteiger partial charge in [-0.2, -0.15) is 0 Å². The number of nitrogens with one attached hydrogen (secondary N) is 1. The molecule has 1 aromatic carbocycles. The van der Waals surface area contributed by atoms with Crippen molar-refractivity contribution in [1.29, 1.82) is 0 Å². The smallest absolute Gasteiger partial charge is 0.243 e. The van der Waals surface area contributed by atoms with Gasteiger partial charge in [-0.15, -0.1) is 11.8 Å². The van der Waals surface area contributed by atoms with Crippen molar-refractivity contribution < 1.29 is 18.7 Å². The van der Waals surface area contributed by atoms with E-state index >= 15 is 0 Å². The highest BCUT2D eigenvalue weighted by molar-refractivity contribution is 8.01. The number of amides is 2. The molecular weight excluding hydrogens is 319 g/mol. The van der Waals surface area contributed by atoms with Crippen LogP contribution in [0.5, 0.6) is 5.75 Å². The topological polar surface area (TPSA) is 58.6 Å². The Morgan fingerprint density at radius 2 is 2.22 bits per heavy atom. The molecule has 0 saturated carbocycles. The van der Waals surface area contributed by atoms with Crippen molar-refractivity contribution in [2.24, 2.45) is 0 Å². The summed E-state index contributed by atoms with van der Waals surface area (Å²) in [5.41, 5.74) is 0. The van der Waals surface area contributed by atoms with E-state index in [1.807, 2.05) is 6.92 Å². The zero-order chi connectivity index (χ0) is 16.4. The van der Waals surface area contributed by atoms with E-state index in [-0.39, 0.29) is 22.5 Å². The average molecular weight is 338 g/mol. The predicted molar refractivity (Wildman–Crippen MR) is 85.6 cm³/mol. The third kappa shape index (κ3) is 3.29. The van der Waals surface area contributed by atoms with Crippen LogP contribution >= 0.6 is 11.8 Å². The number of rotatable bonds is 5.